The number of carboxylic acid groups (broad SMARTS) is 2. The van der Waals surface area contributed by atoms with Crippen molar-refractivity contribution >= 4 is 23.9 Å². The standard InChI is InChI=1S/C11H19N3O7/c1-6(9(17)12-3-4-21-2)13-11(20)14-7(10(18)19)5-8(15)16/h6-7H,3-5H2,1-2H3,(H,12,17)(H,15,16)(H,18,19)(H2,13,14,20)/t6?,7-/m1/s1. The number of carbonyl (C=O) groups excluding carboxylic acids is 2. The number of methoxy groups -OCH3 is 1. The Morgan fingerprint density at radius 2 is 1.76 bits per heavy atom. The van der Waals surface area contributed by atoms with Crippen LogP contribution in [0.15, 0.2) is 0 Å². The van der Waals surface area contributed by atoms with Crippen LogP contribution in [-0.2, 0) is 19.1 Å². The van der Waals surface area contributed by atoms with E-state index in [1.54, 1.807) is 0 Å². The van der Waals surface area contributed by atoms with Crippen LogP contribution < -0.4 is 16.0 Å². The van der Waals surface area contributed by atoms with Gasteiger partial charge in [-0.1, -0.05) is 0 Å². The predicted molar refractivity (Wildman–Crippen MR) is 69.7 cm³/mol. The minimum Gasteiger partial charge on any atom is -0.481 e. The second kappa shape index (κ2) is 9.53. The molecule has 0 aliphatic carbocycles. The molecule has 10 heteroatoms. The van der Waals surface area contributed by atoms with Crippen molar-refractivity contribution in [1.29, 1.82) is 0 Å². The Hall–Kier alpha value is -2.36. The number of carboxylic acids is 2. The Kier molecular flexibility index (Phi) is 8.46. The average Bonchev–Trinajstić information content (AvgIpc) is 2.37. The molecule has 0 aromatic heterocycles. The SMILES string of the molecule is COCCNC(=O)C(C)NC(=O)N[C@H](CC(=O)O)C(=O)O. The van der Waals surface area contributed by atoms with Crippen LogP contribution in [0.1, 0.15) is 13.3 Å². The fourth-order valence-electron chi connectivity index (χ4n) is 1.27. The van der Waals surface area contributed by atoms with E-state index in [0.717, 1.165) is 0 Å². The molecule has 0 rings (SSSR count). The highest BCUT2D eigenvalue weighted by Gasteiger charge is 2.24. The van der Waals surface area contributed by atoms with Crippen molar-refractivity contribution in [3.8, 4) is 0 Å². The molecule has 0 saturated carbocycles. The summed E-state index contributed by atoms with van der Waals surface area (Å²) in [7, 11) is 1.47. The average molecular weight is 305 g/mol. The van der Waals surface area contributed by atoms with E-state index >= 15 is 0 Å². The lowest BCUT2D eigenvalue weighted by atomic mass is 10.2. The number of hydrogen-bond acceptors (Lipinski definition) is 5. The van der Waals surface area contributed by atoms with Gasteiger partial charge in [0.1, 0.15) is 12.1 Å². The van der Waals surface area contributed by atoms with E-state index in [4.69, 9.17) is 14.9 Å². The van der Waals surface area contributed by atoms with E-state index in [9.17, 15) is 19.2 Å². The van der Waals surface area contributed by atoms with Crippen LogP contribution in [0, 0.1) is 0 Å². The molecule has 2 atom stereocenters. The van der Waals surface area contributed by atoms with Gasteiger partial charge < -0.3 is 30.9 Å². The molecule has 0 fully saturated rings. The van der Waals surface area contributed by atoms with Crippen molar-refractivity contribution in [3.05, 3.63) is 0 Å². The molecule has 0 bridgehead atoms. The highest BCUT2D eigenvalue weighted by atomic mass is 16.5. The largest absolute Gasteiger partial charge is 0.481 e. The topological polar surface area (TPSA) is 154 Å². The third-order valence-corrected chi connectivity index (χ3v) is 2.33. The van der Waals surface area contributed by atoms with Gasteiger partial charge in [-0.25, -0.2) is 9.59 Å². The van der Waals surface area contributed by atoms with Gasteiger partial charge >= 0.3 is 18.0 Å². The Bertz CT molecular complexity index is 399. The van der Waals surface area contributed by atoms with Crippen molar-refractivity contribution in [2.45, 2.75) is 25.4 Å². The maximum Gasteiger partial charge on any atom is 0.326 e. The summed E-state index contributed by atoms with van der Waals surface area (Å²) in [6.45, 7) is 1.97. The molecule has 120 valence electrons. The van der Waals surface area contributed by atoms with Gasteiger partial charge in [-0.2, -0.15) is 0 Å². The van der Waals surface area contributed by atoms with E-state index in [-0.39, 0.29) is 6.54 Å². The van der Waals surface area contributed by atoms with Crippen LogP contribution in [0.5, 0.6) is 0 Å². The number of urea groups is 1. The van der Waals surface area contributed by atoms with Crippen molar-refractivity contribution in [3.63, 3.8) is 0 Å². The van der Waals surface area contributed by atoms with E-state index < -0.39 is 42.4 Å². The minimum atomic E-state index is -1.58. The number of aliphatic carboxylic acids is 2. The maximum absolute atomic E-state index is 11.5. The van der Waals surface area contributed by atoms with Crippen molar-refractivity contribution in [2.24, 2.45) is 0 Å². The molecule has 0 saturated heterocycles. The van der Waals surface area contributed by atoms with Crippen LogP contribution in [-0.4, -0.2) is 66.4 Å². The molecule has 0 aliphatic heterocycles. The molecule has 21 heavy (non-hydrogen) atoms. The zero-order valence-corrected chi connectivity index (χ0v) is 11.7. The molecule has 3 amide bonds. The van der Waals surface area contributed by atoms with E-state index in [1.165, 1.54) is 14.0 Å². The third kappa shape index (κ3) is 8.42. The normalized spacial score (nSPS) is 12.9. The summed E-state index contributed by atoms with van der Waals surface area (Å²) < 4.78 is 4.73. The molecule has 0 aromatic rings. The van der Waals surface area contributed by atoms with E-state index in [0.29, 0.717) is 6.61 Å². The number of nitrogens with one attached hydrogen (secondary N) is 3. The zero-order chi connectivity index (χ0) is 16.4. The number of carbonyl (C=O) groups is 4. The Balaban J connectivity index is 4.29. The Morgan fingerprint density at radius 1 is 1.14 bits per heavy atom. The second-order valence-corrected chi connectivity index (χ2v) is 4.11. The molecule has 0 heterocycles. The summed E-state index contributed by atoms with van der Waals surface area (Å²) >= 11 is 0. The summed E-state index contributed by atoms with van der Waals surface area (Å²) in [5.74, 6) is -3.33. The zero-order valence-electron chi connectivity index (χ0n) is 11.7. The summed E-state index contributed by atoms with van der Waals surface area (Å²) in [6.07, 6.45) is -0.767. The first-order chi connectivity index (χ1) is 9.77. The van der Waals surface area contributed by atoms with Crippen LogP contribution >= 0.6 is 0 Å². The fraction of sp³-hybridized carbons (Fsp3) is 0.636. The van der Waals surface area contributed by atoms with E-state index in [2.05, 4.69) is 10.6 Å². The lowest BCUT2D eigenvalue weighted by molar-refractivity contribution is -0.145. The van der Waals surface area contributed by atoms with Crippen LogP contribution in [0.2, 0.25) is 0 Å². The Labute approximate surface area is 120 Å². The highest BCUT2D eigenvalue weighted by Crippen LogP contribution is 1.93. The summed E-state index contributed by atoms with van der Waals surface area (Å²) in [6, 6.07) is -3.44. The third-order valence-electron chi connectivity index (χ3n) is 2.33. The lowest BCUT2D eigenvalue weighted by Crippen LogP contribution is -2.52. The minimum absolute atomic E-state index is 0.264. The lowest BCUT2D eigenvalue weighted by Gasteiger charge is -2.17. The molecular weight excluding hydrogens is 286 g/mol. The number of hydrogen-bond donors (Lipinski definition) is 5. The summed E-state index contributed by atoms with van der Waals surface area (Å²) in [4.78, 5) is 44.3. The first-order valence-corrected chi connectivity index (χ1v) is 6.06. The van der Waals surface area contributed by atoms with E-state index in [1.807, 2.05) is 5.32 Å². The number of rotatable bonds is 9. The maximum atomic E-state index is 11.5. The molecule has 0 aliphatic rings. The highest BCUT2D eigenvalue weighted by molar-refractivity contribution is 5.89. The molecule has 0 aromatic carbocycles. The monoisotopic (exact) mass is 305 g/mol. The van der Waals surface area contributed by atoms with Crippen LogP contribution in [0.25, 0.3) is 0 Å². The van der Waals surface area contributed by atoms with Gasteiger partial charge in [0.2, 0.25) is 5.91 Å². The van der Waals surface area contributed by atoms with Gasteiger partial charge in [0.25, 0.3) is 0 Å². The Morgan fingerprint density at radius 3 is 2.24 bits per heavy atom. The van der Waals surface area contributed by atoms with Gasteiger partial charge in [-0.3, -0.25) is 9.59 Å². The van der Waals surface area contributed by atoms with Gasteiger partial charge in [0, 0.05) is 13.7 Å². The molecule has 0 radical (unpaired) electrons. The van der Waals surface area contributed by atoms with Crippen molar-refractivity contribution < 1.29 is 34.1 Å². The van der Waals surface area contributed by atoms with Crippen molar-refractivity contribution in [1.82, 2.24) is 16.0 Å². The molecule has 1 unspecified atom stereocenters. The van der Waals surface area contributed by atoms with Crippen LogP contribution in [0.3, 0.4) is 0 Å². The predicted octanol–water partition coefficient (Wildman–Crippen LogP) is -1.64. The smallest absolute Gasteiger partial charge is 0.326 e. The molecular formula is C11H19N3O7. The second-order valence-electron chi connectivity index (χ2n) is 4.11. The van der Waals surface area contributed by atoms with Crippen LogP contribution in [0.4, 0.5) is 4.79 Å². The fourth-order valence-corrected chi connectivity index (χ4v) is 1.27. The first kappa shape index (κ1) is 18.6. The summed E-state index contributed by atoms with van der Waals surface area (Å²) in [5.41, 5.74) is 0. The van der Waals surface area contributed by atoms with Gasteiger partial charge in [0.15, 0.2) is 0 Å². The molecule has 5 N–H and O–H groups in total. The summed E-state index contributed by atoms with van der Waals surface area (Å²) in [5, 5.41) is 23.9. The molecule has 0 spiro atoms. The van der Waals surface area contributed by atoms with Crippen molar-refractivity contribution in [2.75, 3.05) is 20.3 Å². The van der Waals surface area contributed by atoms with Gasteiger partial charge in [0.05, 0.1) is 13.0 Å². The first-order valence-electron chi connectivity index (χ1n) is 6.06. The quantitative estimate of drug-likeness (QED) is 0.320. The van der Waals surface area contributed by atoms with Gasteiger partial charge in [-0.05, 0) is 6.92 Å². The number of amides is 3. The number of ether oxygens (including phenoxy) is 1. The van der Waals surface area contributed by atoms with Gasteiger partial charge in [-0.15, -0.1) is 0 Å². The molecule has 10 nitrogen and oxygen atoms in total.